The number of nitrogens with one attached hydrogen (secondary N) is 1. The Labute approximate surface area is 136 Å². The number of nitrogens with zero attached hydrogens (tertiary/aromatic N) is 1. The van der Waals surface area contributed by atoms with Crippen molar-refractivity contribution in [2.45, 2.75) is 19.4 Å². The molecule has 1 N–H and O–H groups in total. The van der Waals surface area contributed by atoms with Crippen LogP contribution in [0.1, 0.15) is 27.8 Å². The monoisotopic (exact) mass is 370 g/mol. The zero-order chi connectivity index (χ0) is 13.9. The van der Waals surface area contributed by atoms with Gasteiger partial charge in [-0.3, -0.25) is 4.90 Å². The summed E-state index contributed by atoms with van der Waals surface area (Å²) in [5.74, 6) is 0. The molecule has 2 aromatic heterocycles. The summed E-state index contributed by atoms with van der Waals surface area (Å²) in [5.41, 5.74) is 1.37. The molecule has 0 aliphatic carbocycles. The molecule has 0 spiro atoms. The van der Waals surface area contributed by atoms with Gasteiger partial charge in [0.05, 0.1) is 9.83 Å². The number of aryl methyl sites for hydroxylation is 1. The van der Waals surface area contributed by atoms with Gasteiger partial charge in [-0.05, 0) is 65.0 Å². The Kier molecular flexibility index (Phi) is 4.94. The molecule has 1 unspecified atom stereocenters. The van der Waals surface area contributed by atoms with Gasteiger partial charge in [0, 0.05) is 29.4 Å². The fourth-order valence-electron chi connectivity index (χ4n) is 2.70. The van der Waals surface area contributed by atoms with E-state index >= 15 is 0 Å². The summed E-state index contributed by atoms with van der Waals surface area (Å²) in [6.07, 6.45) is 1.23. The minimum absolute atomic E-state index is 0.421. The van der Waals surface area contributed by atoms with Crippen molar-refractivity contribution in [1.29, 1.82) is 0 Å². The van der Waals surface area contributed by atoms with Gasteiger partial charge in [-0.15, -0.1) is 22.7 Å². The van der Waals surface area contributed by atoms with Crippen molar-refractivity contribution >= 4 is 38.6 Å². The second kappa shape index (κ2) is 6.71. The summed E-state index contributed by atoms with van der Waals surface area (Å²) in [6.45, 7) is 6.71. The second-order valence-electron chi connectivity index (χ2n) is 5.21. The van der Waals surface area contributed by atoms with Crippen molar-refractivity contribution in [1.82, 2.24) is 10.2 Å². The van der Waals surface area contributed by atoms with Crippen molar-refractivity contribution in [3.8, 4) is 0 Å². The first kappa shape index (κ1) is 14.7. The molecule has 108 valence electrons. The highest BCUT2D eigenvalue weighted by Gasteiger charge is 2.25. The zero-order valence-corrected chi connectivity index (χ0v) is 14.8. The summed E-state index contributed by atoms with van der Waals surface area (Å²) in [7, 11) is 0. The van der Waals surface area contributed by atoms with E-state index in [-0.39, 0.29) is 0 Å². The Balaban J connectivity index is 1.94. The number of thiophene rings is 2. The van der Waals surface area contributed by atoms with E-state index in [4.69, 9.17) is 0 Å². The largest absolute Gasteiger partial charge is 0.315 e. The van der Waals surface area contributed by atoms with Crippen molar-refractivity contribution in [2.75, 3.05) is 26.2 Å². The quantitative estimate of drug-likeness (QED) is 0.867. The molecule has 1 aliphatic heterocycles. The van der Waals surface area contributed by atoms with Crippen molar-refractivity contribution in [2.24, 2.45) is 0 Å². The molecule has 2 aromatic rings. The van der Waals surface area contributed by atoms with Crippen LogP contribution in [0.5, 0.6) is 0 Å². The maximum Gasteiger partial charge on any atom is 0.0790 e. The van der Waals surface area contributed by atoms with Gasteiger partial charge >= 0.3 is 0 Å². The Morgan fingerprint density at radius 2 is 2.15 bits per heavy atom. The molecule has 1 fully saturated rings. The van der Waals surface area contributed by atoms with Gasteiger partial charge in [0.15, 0.2) is 0 Å². The van der Waals surface area contributed by atoms with Crippen LogP contribution in [0.15, 0.2) is 27.4 Å². The van der Waals surface area contributed by atoms with E-state index in [1.165, 1.54) is 32.1 Å². The van der Waals surface area contributed by atoms with E-state index in [2.05, 4.69) is 56.6 Å². The van der Waals surface area contributed by atoms with Crippen molar-refractivity contribution in [3.63, 3.8) is 0 Å². The van der Waals surface area contributed by atoms with Crippen LogP contribution in [0.4, 0.5) is 0 Å². The maximum atomic E-state index is 3.61. The number of halogens is 1. The average molecular weight is 371 g/mol. The molecule has 0 amide bonds. The highest BCUT2D eigenvalue weighted by molar-refractivity contribution is 9.11. The molecule has 0 bridgehead atoms. The number of rotatable bonds is 3. The first-order valence-electron chi connectivity index (χ1n) is 6.99. The van der Waals surface area contributed by atoms with Crippen molar-refractivity contribution in [3.05, 3.63) is 42.7 Å². The third-order valence-corrected chi connectivity index (χ3v) is 6.40. The maximum absolute atomic E-state index is 3.61. The summed E-state index contributed by atoms with van der Waals surface area (Å²) in [4.78, 5) is 5.54. The van der Waals surface area contributed by atoms with Gasteiger partial charge < -0.3 is 5.32 Å². The molecule has 1 saturated heterocycles. The Bertz CT molecular complexity index is 515. The fraction of sp³-hybridized carbons (Fsp3) is 0.467. The average Bonchev–Trinajstić information content (AvgIpc) is 2.93. The van der Waals surface area contributed by atoms with Gasteiger partial charge in [0.2, 0.25) is 0 Å². The summed E-state index contributed by atoms with van der Waals surface area (Å²) < 4.78 is 1.22. The summed E-state index contributed by atoms with van der Waals surface area (Å²) in [5, 5.41) is 5.77. The molecule has 0 saturated carbocycles. The van der Waals surface area contributed by atoms with Crippen LogP contribution in [0.3, 0.4) is 0 Å². The van der Waals surface area contributed by atoms with Crippen LogP contribution in [-0.4, -0.2) is 31.1 Å². The number of hydrogen-bond acceptors (Lipinski definition) is 4. The third-order valence-electron chi connectivity index (χ3n) is 3.62. The lowest BCUT2D eigenvalue weighted by atomic mass is 10.1. The molecule has 3 rings (SSSR count). The van der Waals surface area contributed by atoms with Crippen LogP contribution in [0.25, 0.3) is 0 Å². The molecule has 0 radical (unpaired) electrons. The molecule has 1 aliphatic rings. The van der Waals surface area contributed by atoms with E-state index < -0.39 is 0 Å². The lowest BCUT2D eigenvalue weighted by molar-refractivity contribution is 0.247. The van der Waals surface area contributed by atoms with E-state index in [1.54, 1.807) is 0 Å². The minimum Gasteiger partial charge on any atom is -0.315 e. The Morgan fingerprint density at radius 3 is 2.85 bits per heavy atom. The van der Waals surface area contributed by atoms with Gasteiger partial charge in [0.25, 0.3) is 0 Å². The van der Waals surface area contributed by atoms with E-state index in [0.717, 1.165) is 19.6 Å². The normalized spacial score (nSPS) is 18.9. The molecule has 20 heavy (non-hydrogen) atoms. The van der Waals surface area contributed by atoms with Gasteiger partial charge in [-0.25, -0.2) is 0 Å². The first-order chi connectivity index (χ1) is 9.74. The predicted octanol–water partition coefficient (Wildman–Crippen LogP) is 4.27. The van der Waals surface area contributed by atoms with Gasteiger partial charge in [0.1, 0.15) is 0 Å². The molecule has 2 nitrogen and oxygen atoms in total. The predicted molar refractivity (Wildman–Crippen MR) is 92.0 cm³/mol. The van der Waals surface area contributed by atoms with E-state index in [9.17, 15) is 0 Å². The topological polar surface area (TPSA) is 15.3 Å². The number of hydrogen-bond donors (Lipinski definition) is 1. The summed E-state index contributed by atoms with van der Waals surface area (Å²) >= 11 is 7.36. The highest BCUT2D eigenvalue weighted by atomic mass is 79.9. The van der Waals surface area contributed by atoms with Crippen LogP contribution < -0.4 is 5.32 Å². The van der Waals surface area contributed by atoms with Crippen LogP contribution in [-0.2, 0) is 0 Å². The lowest BCUT2D eigenvalue weighted by Gasteiger charge is -2.29. The zero-order valence-electron chi connectivity index (χ0n) is 11.6. The molecular formula is C15H19BrN2S2. The van der Waals surface area contributed by atoms with Crippen LogP contribution in [0.2, 0.25) is 0 Å². The smallest absolute Gasteiger partial charge is 0.0790 e. The third kappa shape index (κ3) is 3.34. The molecule has 0 aromatic carbocycles. The summed E-state index contributed by atoms with van der Waals surface area (Å²) in [6, 6.07) is 7.21. The first-order valence-corrected chi connectivity index (χ1v) is 9.48. The SMILES string of the molecule is Cc1csc(C(c2ccc(Br)s2)N2CCCNCC2)c1. The highest BCUT2D eigenvalue weighted by Crippen LogP contribution is 2.38. The standard InChI is InChI=1S/C15H19BrN2S2/c1-11-9-13(19-10-11)15(12-3-4-14(16)20-12)18-7-2-5-17-6-8-18/h3-4,9-10,15,17H,2,5-8H2,1H3. The van der Waals surface area contributed by atoms with Crippen LogP contribution >= 0.6 is 38.6 Å². The molecular weight excluding hydrogens is 352 g/mol. The van der Waals surface area contributed by atoms with E-state index in [0.29, 0.717) is 6.04 Å². The lowest BCUT2D eigenvalue weighted by Crippen LogP contribution is -2.32. The second-order valence-corrected chi connectivity index (χ2v) is 8.65. The Hall–Kier alpha value is -0.200. The van der Waals surface area contributed by atoms with Gasteiger partial charge in [-0.2, -0.15) is 0 Å². The molecule has 3 heterocycles. The van der Waals surface area contributed by atoms with Gasteiger partial charge in [-0.1, -0.05) is 0 Å². The van der Waals surface area contributed by atoms with Crippen LogP contribution in [0, 0.1) is 6.92 Å². The fourth-order valence-corrected chi connectivity index (χ4v) is 5.40. The minimum atomic E-state index is 0.421. The molecule has 1 atom stereocenters. The van der Waals surface area contributed by atoms with Crippen molar-refractivity contribution < 1.29 is 0 Å². The van der Waals surface area contributed by atoms with E-state index in [1.807, 2.05) is 22.7 Å². The Morgan fingerprint density at radius 1 is 1.25 bits per heavy atom. The molecule has 5 heteroatoms.